The number of rotatable bonds is 4. The van der Waals surface area contributed by atoms with Gasteiger partial charge in [0.05, 0.1) is 6.10 Å². The number of hydrogen-bond acceptors (Lipinski definition) is 5. The van der Waals surface area contributed by atoms with Crippen LogP contribution in [-0.4, -0.2) is 31.2 Å². The lowest BCUT2D eigenvalue weighted by molar-refractivity contribution is 0.0948. The lowest BCUT2D eigenvalue weighted by Crippen LogP contribution is -2.31. The summed E-state index contributed by atoms with van der Waals surface area (Å²) in [6, 6.07) is 0.617. The maximum absolute atomic E-state index is 13.8. The molecule has 1 saturated carbocycles. The molecule has 8 nitrogen and oxygen atoms in total. The minimum absolute atomic E-state index is 0.291. The van der Waals surface area contributed by atoms with Crippen molar-refractivity contribution in [3.05, 3.63) is 79.9 Å². The predicted octanol–water partition coefficient (Wildman–Crippen LogP) is 1.60. The number of carbonyl (C=O) groups excluding carboxylic acids is 1. The van der Waals surface area contributed by atoms with Crippen molar-refractivity contribution in [2.75, 3.05) is 0 Å². The van der Waals surface area contributed by atoms with Crippen molar-refractivity contribution in [1.82, 2.24) is 14.3 Å². The summed E-state index contributed by atoms with van der Waals surface area (Å²) in [5, 5.41) is 22.2. The van der Waals surface area contributed by atoms with Gasteiger partial charge in [-0.15, -0.1) is 0 Å². The Labute approximate surface area is 178 Å². The molecule has 168 valence electrons. The van der Waals surface area contributed by atoms with E-state index < -0.39 is 63.9 Å². The fraction of sp³-hybridized carbons (Fsp3) is 0.286. The van der Waals surface area contributed by atoms with E-state index in [1.165, 1.54) is 17.0 Å². The molecular formula is C21H18F3N3O5. The van der Waals surface area contributed by atoms with Gasteiger partial charge in [0.15, 0.2) is 11.3 Å². The summed E-state index contributed by atoms with van der Waals surface area (Å²) in [6.45, 7) is -0.675. The number of aromatic hydroxyl groups is 1. The number of nitrogens with zero attached hydrogens (tertiary/aromatic N) is 2. The molecule has 2 atom stereocenters. The highest BCUT2D eigenvalue weighted by Crippen LogP contribution is 2.29. The van der Waals surface area contributed by atoms with Crippen LogP contribution in [0.4, 0.5) is 13.2 Å². The number of benzene rings is 1. The first-order chi connectivity index (χ1) is 15.2. The molecule has 11 heteroatoms. The summed E-state index contributed by atoms with van der Waals surface area (Å²) < 4.78 is 43.0. The monoisotopic (exact) mass is 449 g/mol. The van der Waals surface area contributed by atoms with Crippen LogP contribution in [0.15, 0.2) is 40.3 Å². The van der Waals surface area contributed by atoms with E-state index in [1.54, 1.807) is 0 Å². The standard InChI is InChI=1S/C21H18F3N3O5/c22-10-5-15(23)13(16(24)6-10)8-25-20(31)14-9-26-3-4-27(11-1-2-12(28)7-11)21(32)17(26)19(30)18(14)29/h3-6,9,11-12,28,30H,1-2,7-8H2,(H,25,31)/t11-,12+/m0/s1. The number of amides is 1. The van der Waals surface area contributed by atoms with Gasteiger partial charge in [-0.25, -0.2) is 13.2 Å². The van der Waals surface area contributed by atoms with E-state index in [9.17, 15) is 37.8 Å². The number of halogens is 3. The topological polar surface area (TPSA) is 113 Å². The molecule has 0 spiro atoms. The molecule has 1 aliphatic rings. The highest BCUT2D eigenvalue weighted by atomic mass is 19.1. The molecular weight excluding hydrogens is 431 g/mol. The van der Waals surface area contributed by atoms with Crippen LogP contribution in [0.25, 0.3) is 5.52 Å². The van der Waals surface area contributed by atoms with Crippen molar-refractivity contribution < 1.29 is 28.2 Å². The second-order valence-corrected chi connectivity index (χ2v) is 7.64. The van der Waals surface area contributed by atoms with Crippen LogP contribution >= 0.6 is 0 Å². The Morgan fingerprint density at radius 3 is 2.44 bits per heavy atom. The van der Waals surface area contributed by atoms with Gasteiger partial charge >= 0.3 is 0 Å². The molecule has 3 N–H and O–H groups in total. The van der Waals surface area contributed by atoms with E-state index >= 15 is 0 Å². The molecule has 0 bridgehead atoms. The molecule has 0 saturated heterocycles. The van der Waals surface area contributed by atoms with E-state index in [-0.39, 0.29) is 11.6 Å². The van der Waals surface area contributed by atoms with E-state index in [0.29, 0.717) is 31.4 Å². The molecule has 2 aromatic heterocycles. The summed E-state index contributed by atoms with van der Waals surface area (Å²) in [5.41, 5.74) is -3.30. The average molecular weight is 449 g/mol. The van der Waals surface area contributed by atoms with Crippen LogP contribution in [0.2, 0.25) is 0 Å². The molecule has 0 aliphatic heterocycles. The Bertz CT molecular complexity index is 1330. The van der Waals surface area contributed by atoms with Gasteiger partial charge in [0.1, 0.15) is 23.0 Å². The number of nitrogens with one attached hydrogen (secondary N) is 1. The largest absolute Gasteiger partial charge is 0.503 e. The van der Waals surface area contributed by atoms with Crippen molar-refractivity contribution in [2.24, 2.45) is 0 Å². The summed E-state index contributed by atoms with van der Waals surface area (Å²) >= 11 is 0. The highest BCUT2D eigenvalue weighted by Gasteiger charge is 2.27. The minimum atomic E-state index is -1.21. The summed E-state index contributed by atoms with van der Waals surface area (Å²) in [4.78, 5) is 37.8. The molecule has 1 aromatic carbocycles. The van der Waals surface area contributed by atoms with Gasteiger partial charge in [-0.3, -0.25) is 14.4 Å². The third-order valence-electron chi connectivity index (χ3n) is 5.58. The molecule has 4 rings (SSSR count). The Balaban J connectivity index is 1.67. The van der Waals surface area contributed by atoms with E-state index in [0.717, 1.165) is 10.6 Å². The zero-order valence-corrected chi connectivity index (χ0v) is 16.5. The van der Waals surface area contributed by atoms with Crippen LogP contribution in [-0.2, 0) is 6.54 Å². The minimum Gasteiger partial charge on any atom is -0.503 e. The van der Waals surface area contributed by atoms with Crippen LogP contribution in [0.5, 0.6) is 5.75 Å². The third-order valence-corrected chi connectivity index (χ3v) is 5.58. The fourth-order valence-corrected chi connectivity index (χ4v) is 3.92. The van der Waals surface area contributed by atoms with Crippen LogP contribution < -0.4 is 16.3 Å². The zero-order valence-electron chi connectivity index (χ0n) is 16.5. The number of fused-ring (bicyclic) bond motifs is 1. The maximum Gasteiger partial charge on any atom is 0.279 e. The van der Waals surface area contributed by atoms with Crippen LogP contribution in [0.1, 0.15) is 41.2 Å². The van der Waals surface area contributed by atoms with Gasteiger partial charge in [0.2, 0.25) is 5.43 Å². The Kier molecular flexibility index (Phi) is 5.51. The Morgan fingerprint density at radius 2 is 1.81 bits per heavy atom. The van der Waals surface area contributed by atoms with Crippen molar-refractivity contribution in [2.45, 2.75) is 38.0 Å². The van der Waals surface area contributed by atoms with Crippen LogP contribution in [0.3, 0.4) is 0 Å². The smallest absolute Gasteiger partial charge is 0.279 e. The summed E-state index contributed by atoms with van der Waals surface area (Å²) in [5.74, 6) is -5.54. The molecule has 1 fully saturated rings. The highest BCUT2D eigenvalue weighted by molar-refractivity contribution is 5.94. The van der Waals surface area contributed by atoms with Crippen molar-refractivity contribution in [1.29, 1.82) is 0 Å². The first-order valence-electron chi connectivity index (χ1n) is 9.76. The lowest BCUT2D eigenvalue weighted by Gasteiger charge is -2.15. The van der Waals surface area contributed by atoms with Crippen molar-refractivity contribution in [3.8, 4) is 5.75 Å². The second kappa shape index (κ2) is 8.15. The number of pyridine rings is 1. The Hall–Kier alpha value is -3.60. The molecule has 1 amide bonds. The molecule has 2 heterocycles. The second-order valence-electron chi connectivity index (χ2n) is 7.64. The summed E-state index contributed by atoms with van der Waals surface area (Å²) in [7, 11) is 0. The van der Waals surface area contributed by atoms with Crippen molar-refractivity contribution >= 4 is 11.4 Å². The normalized spacial score (nSPS) is 18.2. The van der Waals surface area contributed by atoms with Gasteiger partial charge in [-0.05, 0) is 19.3 Å². The fourth-order valence-electron chi connectivity index (χ4n) is 3.92. The number of hydrogen-bond donors (Lipinski definition) is 3. The quantitative estimate of drug-likeness (QED) is 0.560. The van der Waals surface area contributed by atoms with Gasteiger partial charge in [-0.2, -0.15) is 0 Å². The molecule has 3 aromatic rings. The SMILES string of the molecule is O=C(NCc1c(F)cc(F)cc1F)c1cn2ccn([C@H]3CC[C@@H](O)C3)c(=O)c2c(O)c1=O. The number of carbonyl (C=O) groups is 1. The van der Waals surface area contributed by atoms with Crippen molar-refractivity contribution in [3.63, 3.8) is 0 Å². The van der Waals surface area contributed by atoms with E-state index in [1.807, 2.05) is 0 Å². The van der Waals surface area contributed by atoms with Gasteiger partial charge < -0.3 is 24.5 Å². The van der Waals surface area contributed by atoms with Gasteiger partial charge in [0, 0.05) is 48.9 Å². The molecule has 1 aliphatic carbocycles. The molecule has 0 unspecified atom stereocenters. The first kappa shape index (κ1) is 21.6. The first-order valence-corrected chi connectivity index (χ1v) is 9.76. The maximum atomic E-state index is 13.8. The molecule has 0 radical (unpaired) electrons. The predicted molar refractivity (Wildman–Crippen MR) is 106 cm³/mol. The third kappa shape index (κ3) is 3.75. The molecule has 32 heavy (non-hydrogen) atoms. The zero-order chi connectivity index (χ0) is 23.2. The van der Waals surface area contributed by atoms with Gasteiger partial charge in [-0.1, -0.05) is 0 Å². The number of aliphatic hydroxyl groups is 1. The average Bonchev–Trinajstić information content (AvgIpc) is 3.15. The number of aliphatic hydroxyl groups excluding tert-OH is 1. The lowest BCUT2D eigenvalue weighted by atomic mass is 10.1. The number of aromatic nitrogens is 2. The Morgan fingerprint density at radius 1 is 1.12 bits per heavy atom. The van der Waals surface area contributed by atoms with Gasteiger partial charge in [0.25, 0.3) is 11.5 Å². The van der Waals surface area contributed by atoms with Crippen LogP contribution in [0, 0.1) is 17.5 Å². The van der Waals surface area contributed by atoms with E-state index in [2.05, 4.69) is 5.32 Å². The van der Waals surface area contributed by atoms with E-state index in [4.69, 9.17) is 0 Å². The summed E-state index contributed by atoms with van der Waals surface area (Å²) in [6.07, 6.45) is 4.72.